The number of anilines is 2. The Kier molecular flexibility index (Phi) is 3.71. The molecule has 0 radical (unpaired) electrons. The minimum absolute atomic E-state index is 0.148. The van der Waals surface area contributed by atoms with Gasteiger partial charge in [-0.05, 0) is 67.3 Å². The van der Waals surface area contributed by atoms with Crippen LogP contribution in [0.2, 0.25) is 0 Å². The SMILES string of the molecule is COc1ccc(C(=O)Nc2cc3c4c(c2)[C@H](C)C(=O)N4CCC3)cc1. The Hall–Kier alpha value is -2.82. The van der Waals surface area contributed by atoms with Crippen LogP contribution in [-0.2, 0) is 11.2 Å². The predicted octanol–water partition coefficient (Wildman–Crippen LogP) is 3.34. The van der Waals surface area contributed by atoms with E-state index < -0.39 is 0 Å². The van der Waals surface area contributed by atoms with Crippen LogP contribution in [0.1, 0.15) is 40.7 Å². The van der Waals surface area contributed by atoms with Crippen molar-refractivity contribution in [3.63, 3.8) is 0 Å². The number of hydrogen-bond donors (Lipinski definition) is 1. The fourth-order valence-electron chi connectivity index (χ4n) is 3.71. The van der Waals surface area contributed by atoms with E-state index in [1.165, 1.54) is 0 Å². The van der Waals surface area contributed by atoms with Crippen LogP contribution < -0.4 is 15.0 Å². The Balaban J connectivity index is 1.64. The second-order valence-electron chi connectivity index (χ2n) is 6.57. The minimum Gasteiger partial charge on any atom is -0.497 e. The number of carbonyl (C=O) groups excluding carboxylic acids is 2. The van der Waals surface area contributed by atoms with E-state index in [1.807, 2.05) is 24.0 Å². The number of ether oxygens (including phenoxy) is 1. The molecule has 25 heavy (non-hydrogen) atoms. The molecule has 0 saturated carbocycles. The number of amides is 2. The Morgan fingerprint density at radius 2 is 2.00 bits per heavy atom. The Bertz CT molecular complexity index is 858. The number of rotatable bonds is 3. The standard InChI is InChI=1S/C20H20N2O3/c1-12-17-11-15(10-14-4-3-9-22(18(14)17)20(12)24)21-19(23)13-5-7-16(25-2)8-6-13/h5-8,10-12H,3-4,9H2,1-2H3,(H,21,23)/t12-/m0/s1. The summed E-state index contributed by atoms with van der Waals surface area (Å²) in [7, 11) is 1.59. The van der Waals surface area contributed by atoms with Crippen LogP contribution in [0.3, 0.4) is 0 Å². The molecule has 2 aromatic rings. The molecule has 1 atom stereocenters. The quantitative estimate of drug-likeness (QED) is 0.935. The number of nitrogens with one attached hydrogen (secondary N) is 1. The maximum absolute atomic E-state index is 12.5. The maximum atomic E-state index is 12.5. The fourth-order valence-corrected chi connectivity index (χ4v) is 3.71. The van der Waals surface area contributed by atoms with Crippen molar-refractivity contribution in [3.05, 3.63) is 53.1 Å². The summed E-state index contributed by atoms with van der Waals surface area (Å²) in [6.45, 7) is 2.73. The third kappa shape index (κ3) is 2.56. The van der Waals surface area contributed by atoms with Gasteiger partial charge in [-0.1, -0.05) is 0 Å². The molecule has 0 unspecified atom stereocenters. The van der Waals surface area contributed by atoms with E-state index in [0.717, 1.165) is 41.9 Å². The number of carbonyl (C=O) groups is 2. The molecule has 5 nitrogen and oxygen atoms in total. The van der Waals surface area contributed by atoms with Crippen LogP contribution in [-0.4, -0.2) is 25.5 Å². The third-order valence-corrected chi connectivity index (χ3v) is 5.03. The van der Waals surface area contributed by atoms with Gasteiger partial charge in [0.25, 0.3) is 5.91 Å². The number of methoxy groups -OCH3 is 1. The molecule has 5 heteroatoms. The van der Waals surface area contributed by atoms with E-state index in [1.54, 1.807) is 31.4 Å². The highest BCUT2D eigenvalue weighted by molar-refractivity contribution is 6.08. The molecule has 2 amide bonds. The zero-order valence-electron chi connectivity index (χ0n) is 14.3. The smallest absolute Gasteiger partial charge is 0.255 e. The van der Waals surface area contributed by atoms with Gasteiger partial charge in [-0.3, -0.25) is 9.59 Å². The van der Waals surface area contributed by atoms with Crippen molar-refractivity contribution in [1.82, 2.24) is 0 Å². The molecule has 2 aliphatic rings. The number of nitrogens with zero attached hydrogens (tertiary/aromatic N) is 1. The van der Waals surface area contributed by atoms with Crippen molar-refractivity contribution < 1.29 is 14.3 Å². The highest BCUT2D eigenvalue weighted by atomic mass is 16.5. The van der Waals surface area contributed by atoms with Crippen molar-refractivity contribution in [3.8, 4) is 5.75 Å². The summed E-state index contributed by atoms with van der Waals surface area (Å²) < 4.78 is 5.12. The van der Waals surface area contributed by atoms with Gasteiger partial charge >= 0.3 is 0 Å². The number of benzene rings is 2. The highest BCUT2D eigenvalue weighted by Crippen LogP contribution is 2.44. The van der Waals surface area contributed by atoms with Crippen LogP contribution in [0, 0.1) is 0 Å². The molecular formula is C20H20N2O3. The van der Waals surface area contributed by atoms with Gasteiger partial charge in [-0.2, -0.15) is 0 Å². The van der Waals surface area contributed by atoms with E-state index >= 15 is 0 Å². The predicted molar refractivity (Wildman–Crippen MR) is 96.5 cm³/mol. The van der Waals surface area contributed by atoms with Crippen molar-refractivity contribution in [2.75, 3.05) is 23.9 Å². The molecule has 0 spiro atoms. The van der Waals surface area contributed by atoms with Gasteiger partial charge in [-0.15, -0.1) is 0 Å². The van der Waals surface area contributed by atoms with Gasteiger partial charge in [0.15, 0.2) is 0 Å². The maximum Gasteiger partial charge on any atom is 0.255 e. The molecule has 2 aromatic carbocycles. The second-order valence-corrected chi connectivity index (χ2v) is 6.57. The molecule has 2 heterocycles. The van der Waals surface area contributed by atoms with Gasteiger partial charge in [-0.25, -0.2) is 0 Å². The highest BCUT2D eigenvalue weighted by Gasteiger charge is 2.37. The molecular weight excluding hydrogens is 316 g/mol. The molecule has 0 bridgehead atoms. The van der Waals surface area contributed by atoms with Crippen LogP contribution in [0.4, 0.5) is 11.4 Å². The first-order valence-corrected chi connectivity index (χ1v) is 8.52. The van der Waals surface area contributed by atoms with Crippen LogP contribution in [0.25, 0.3) is 0 Å². The average molecular weight is 336 g/mol. The lowest BCUT2D eigenvalue weighted by molar-refractivity contribution is -0.119. The largest absolute Gasteiger partial charge is 0.497 e. The van der Waals surface area contributed by atoms with E-state index in [0.29, 0.717) is 11.3 Å². The Morgan fingerprint density at radius 1 is 1.24 bits per heavy atom. The summed E-state index contributed by atoms with van der Waals surface area (Å²) in [5.74, 6) is 0.560. The molecule has 0 aliphatic carbocycles. The zero-order valence-corrected chi connectivity index (χ0v) is 14.3. The average Bonchev–Trinajstić information content (AvgIpc) is 2.88. The second kappa shape index (κ2) is 5.92. The molecule has 0 aromatic heterocycles. The Labute approximate surface area is 146 Å². The van der Waals surface area contributed by atoms with Crippen LogP contribution in [0.5, 0.6) is 5.75 Å². The summed E-state index contributed by atoms with van der Waals surface area (Å²) in [5.41, 5.74) is 4.54. The number of hydrogen-bond acceptors (Lipinski definition) is 3. The van der Waals surface area contributed by atoms with E-state index in [9.17, 15) is 9.59 Å². The molecule has 1 N–H and O–H groups in total. The first-order valence-electron chi connectivity index (χ1n) is 8.52. The lowest BCUT2D eigenvalue weighted by Gasteiger charge is -2.26. The zero-order chi connectivity index (χ0) is 17.6. The van der Waals surface area contributed by atoms with Gasteiger partial charge < -0.3 is 15.0 Å². The van der Waals surface area contributed by atoms with Crippen molar-refractivity contribution in [2.24, 2.45) is 0 Å². The van der Waals surface area contributed by atoms with Crippen molar-refractivity contribution in [2.45, 2.75) is 25.7 Å². The number of aryl methyl sites for hydroxylation is 1. The van der Waals surface area contributed by atoms with E-state index in [-0.39, 0.29) is 17.7 Å². The summed E-state index contributed by atoms with van der Waals surface area (Å²) >= 11 is 0. The fraction of sp³-hybridized carbons (Fsp3) is 0.300. The topological polar surface area (TPSA) is 58.6 Å². The van der Waals surface area contributed by atoms with Crippen molar-refractivity contribution >= 4 is 23.2 Å². The summed E-state index contributed by atoms with van der Waals surface area (Å²) in [5, 5.41) is 2.96. The summed E-state index contributed by atoms with van der Waals surface area (Å²) in [6.07, 6.45) is 1.89. The van der Waals surface area contributed by atoms with Gasteiger partial charge in [0.05, 0.1) is 18.7 Å². The van der Waals surface area contributed by atoms with E-state index in [2.05, 4.69) is 5.32 Å². The molecule has 128 valence electrons. The van der Waals surface area contributed by atoms with E-state index in [4.69, 9.17) is 4.74 Å². The molecule has 0 fully saturated rings. The monoisotopic (exact) mass is 336 g/mol. The molecule has 2 aliphatic heterocycles. The lowest BCUT2D eigenvalue weighted by atomic mass is 9.96. The minimum atomic E-state index is -0.167. The van der Waals surface area contributed by atoms with Gasteiger partial charge in [0.2, 0.25) is 5.91 Å². The first kappa shape index (κ1) is 15.7. The van der Waals surface area contributed by atoms with Gasteiger partial charge in [0, 0.05) is 17.8 Å². The summed E-state index contributed by atoms with van der Waals surface area (Å²) in [6, 6.07) is 10.9. The molecule has 4 rings (SSSR count). The van der Waals surface area contributed by atoms with Crippen molar-refractivity contribution in [1.29, 1.82) is 0 Å². The molecule has 0 saturated heterocycles. The summed E-state index contributed by atoms with van der Waals surface area (Å²) in [4.78, 5) is 26.8. The third-order valence-electron chi connectivity index (χ3n) is 5.03. The lowest BCUT2D eigenvalue weighted by Crippen LogP contribution is -2.32. The van der Waals surface area contributed by atoms with Gasteiger partial charge in [0.1, 0.15) is 5.75 Å². The Morgan fingerprint density at radius 3 is 2.72 bits per heavy atom. The van der Waals surface area contributed by atoms with Crippen LogP contribution >= 0.6 is 0 Å². The normalized spacial score (nSPS) is 18.1. The van der Waals surface area contributed by atoms with Crippen LogP contribution in [0.15, 0.2) is 36.4 Å². The first-order chi connectivity index (χ1) is 12.1.